The van der Waals surface area contributed by atoms with E-state index in [2.05, 4.69) is 111 Å². The minimum absolute atomic E-state index is 0.0343. The summed E-state index contributed by atoms with van der Waals surface area (Å²) in [6, 6.07) is 0. The number of phosphoric ester groups is 1. The van der Waals surface area contributed by atoms with Gasteiger partial charge in [0.1, 0.15) is 6.61 Å². The summed E-state index contributed by atoms with van der Waals surface area (Å²) in [6.45, 7) is 3.35. The maximum atomic E-state index is 12.5. The molecule has 0 bridgehead atoms. The standard InChI is InChI=1S/C47H74NO8P/c1-3-5-7-9-11-13-15-17-18-19-20-21-22-23-24-25-26-28-29-31-33-35-37-39-46(49)53-43-45(44-55-57(51,52)54-42-41-48)56-47(50)40-38-36-34-32-30-27-16-14-12-10-8-6-4-2/h5-8,10-14,16-18,20-21,23-24,26,28,31,33,45H,3-4,9,15,19,22,25,27,29-30,32,34-44,48H2,1-2H3,(H,51,52)/b7-5+,8-6+,12-10+,13-11+,16-14+,18-17+,21-20+,24-23+,28-26+,33-31+. The van der Waals surface area contributed by atoms with Crippen LogP contribution in [0.1, 0.15) is 129 Å². The van der Waals surface area contributed by atoms with Crippen molar-refractivity contribution in [2.24, 2.45) is 5.73 Å². The predicted molar refractivity (Wildman–Crippen MR) is 237 cm³/mol. The molecule has 0 fully saturated rings. The summed E-state index contributed by atoms with van der Waals surface area (Å²) in [5.74, 6) is -0.939. The van der Waals surface area contributed by atoms with Gasteiger partial charge < -0.3 is 20.1 Å². The zero-order chi connectivity index (χ0) is 41.8. The molecular weight excluding hydrogens is 737 g/mol. The average molecular weight is 812 g/mol. The van der Waals surface area contributed by atoms with Crippen molar-refractivity contribution in [1.29, 1.82) is 0 Å². The van der Waals surface area contributed by atoms with Crippen LogP contribution in [-0.4, -0.2) is 49.3 Å². The van der Waals surface area contributed by atoms with Crippen molar-refractivity contribution in [3.05, 3.63) is 122 Å². The Morgan fingerprint density at radius 1 is 0.544 bits per heavy atom. The Morgan fingerprint density at radius 2 is 1.02 bits per heavy atom. The molecule has 0 aromatic heterocycles. The average Bonchev–Trinajstić information content (AvgIpc) is 3.20. The van der Waals surface area contributed by atoms with Gasteiger partial charge in [-0.3, -0.25) is 18.6 Å². The van der Waals surface area contributed by atoms with Crippen LogP contribution in [0, 0.1) is 0 Å². The number of esters is 2. The van der Waals surface area contributed by atoms with Crippen LogP contribution in [0.3, 0.4) is 0 Å². The molecule has 0 saturated carbocycles. The number of carbonyl (C=O) groups excluding carboxylic acids is 2. The quantitative estimate of drug-likeness (QED) is 0.0207. The van der Waals surface area contributed by atoms with Gasteiger partial charge in [0.25, 0.3) is 0 Å². The zero-order valence-corrected chi connectivity index (χ0v) is 35.9. The molecule has 0 spiro atoms. The van der Waals surface area contributed by atoms with Crippen molar-refractivity contribution in [3.63, 3.8) is 0 Å². The molecular formula is C47H74NO8P. The smallest absolute Gasteiger partial charge is 0.462 e. The van der Waals surface area contributed by atoms with E-state index in [1.807, 2.05) is 24.3 Å². The molecule has 0 aliphatic rings. The van der Waals surface area contributed by atoms with Gasteiger partial charge >= 0.3 is 19.8 Å². The third-order valence-electron chi connectivity index (χ3n) is 7.90. The lowest BCUT2D eigenvalue weighted by atomic mass is 10.1. The van der Waals surface area contributed by atoms with E-state index in [9.17, 15) is 19.0 Å². The summed E-state index contributed by atoms with van der Waals surface area (Å²) in [4.78, 5) is 34.8. The predicted octanol–water partition coefficient (Wildman–Crippen LogP) is 12.2. The number of unbranched alkanes of at least 4 members (excludes halogenated alkanes) is 6. The first-order chi connectivity index (χ1) is 27.8. The number of carbonyl (C=O) groups is 2. The molecule has 2 atom stereocenters. The second kappa shape index (κ2) is 42.0. The number of ether oxygens (including phenoxy) is 2. The van der Waals surface area contributed by atoms with Gasteiger partial charge in [0, 0.05) is 19.4 Å². The molecule has 0 aromatic rings. The Labute approximate surface area is 345 Å². The summed E-state index contributed by atoms with van der Waals surface area (Å²) < 4.78 is 32.6. The Kier molecular flexibility index (Phi) is 39.4. The first-order valence-corrected chi connectivity index (χ1v) is 22.5. The molecule has 57 heavy (non-hydrogen) atoms. The molecule has 3 N–H and O–H groups in total. The van der Waals surface area contributed by atoms with Crippen molar-refractivity contribution in [2.45, 2.75) is 136 Å². The number of rotatable bonds is 37. The van der Waals surface area contributed by atoms with E-state index in [1.54, 1.807) is 0 Å². The molecule has 10 heteroatoms. The van der Waals surface area contributed by atoms with E-state index >= 15 is 0 Å². The van der Waals surface area contributed by atoms with E-state index in [1.165, 1.54) is 0 Å². The highest BCUT2D eigenvalue weighted by atomic mass is 31.2. The molecule has 0 amide bonds. The SMILES string of the molecule is CC/C=C/C=C/C=C/CCCCCCCC(=O)OC(COC(=O)CCC/C=C/C/C=C/C/C=C/C/C=C/C/C=C/C/C=C/C/C=C/CC)COP(=O)(O)OCCN. The van der Waals surface area contributed by atoms with Gasteiger partial charge in [0.2, 0.25) is 0 Å². The van der Waals surface area contributed by atoms with Crippen molar-refractivity contribution < 1.29 is 37.6 Å². The van der Waals surface area contributed by atoms with Crippen molar-refractivity contribution in [2.75, 3.05) is 26.4 Å². The van der Waals surface area contributed by atoms with Crippen LogP contribution < -0.4 is 5.73 Å². The number of hydrogen-bond acceptors (Lipinski definition) is 8. The van der Waals surface area contributed by atoms with E-state index in [0.29, 0.717) is 12.8 Å². The van der Waals surface area contributed by atoms with Gasteiger partial charge in [-0.2, -0.15) is 0 Å². The van der Waals surface area contributed by atoms with Crippen LogP contribution in [0.25, 0.3) is 0 Å². The topological polar surface area (TPSA) is 134 Å². The fraction of sp³-hybridized carbons (Fsp3) is 0.532. The van der Waals surface area contributed by atoms with Crippen LogP contribution >= 0.6 is 7.82 Å². The molecule has 0 aliphatic carbocycles. The summed E-state index contributed by atoms with van der Waals surface area (Å²) in [6.07, 6.45) is 56.7. The highest BCUT2D eigenvalue weighted by molar-refractivity contribution is 7.47. The molecule has 0 rings (SSSR count). The van der Waals surface area contributed by atoms with Gasteiger partial charge in [-0.1, -0.05) is 155 Å². The van der Waals surface area contributed by atoms with Gasteiger partial charge in [0.15, 0.2) is 6.10 Å². The second-order valence-electron chi connectivity index (χ2n) is 13.2. The van der Waals surface area contributed by atoms with E-state index in [0.717, 1.165) is 89.9 Å². The van der Waals surface area contributed by atoms with Gasteiger partial charge in [-0.25, -0.2) is 4.57 Å². The minimum atomic E-state index is -4.40. The van der Waals surface area contributed by atoms with Crippen LogP contribution in [0.2, 0.25) is 0 Å². The van der Waals surface area contributed by atoms with E-state index in [4.69, 9.17) is 24.3 Å². The normalized spacial score (nSPS) is 14.5. The number of phosphoric acid groups is 1. The van der Waals surface area contributed by atoms with E-state index in [-0.39, 0.29) is 32.6 Å². The van der Waals surface area contributed by atoms with Crippen LogP contribution in [0.15, 0.2) is 122 Å². The number of allylic oxidation sites excluding steroid dienone is 20. The van der Waals surface area contributed by atoms with Crippen molar-refractivity contribution >= 4 is 19.8 Å². The molecule has 0 aliphatic heterocycles. The molecule has 0 saturated heterocycles. The summed E-state index contributed by atoms with van der Waals surface area (Å²) in [5.41, 5.74) is 5.33. The third kappa shape index (κ3) is 41.9. The highest BCUT2D eigenvalue weighted by Crippen LogP contribution is 2.43. The molecule has 320 valence electrons. The van der Waals surface area contributed by atoms with Crippen LogP contribution in [-0.2, 0) is 32.7 Å². The maximum Gasteiger partial charge on any atom is 0.472 e. The van der Waals surface area contributed by atoms with Crippen LogP contribution in [0.4, 0.5) is 0 Å². The first kappa shape index (κ1) is 53.4. The van der Waals surface area contributed by atoms with Gasteiger partial charge in [-0.05, 0) is 83.5 Å². The third-order valence-corrected chi connectivity index (χ3v) is 8.89. The Balaban J connectivity index is 4.31. The first-order valence-electron chi connectivity index (χ1n) is 21.0. The molecule has 0 heterocycles. The molecule has 0 radical (unpaired) electrons. The highest BCUT2D eigenvalue weighted by Gasteiger charge is 2.25. The monoisotopic (exact) mass is 812 g/mol. The summed E-state index contributed by atoms with van der Waals surface area (Å²) >= 11 is 0. The van der Waals surface area contributed by atoms with Crippen molar-refractivity contribution in [3.8, 4) is 0 Å². The minimum Gasteiger partial charge on any atom is -0.462 e. The number of hydrogen-bond donors (Lipinski definition) is 2. The second-order valence-corrected chi connectivity index (χ2v) is 14.6. The largest absolute Gasteiger partial charge is 0.472 e. The lowest BCUT2D eigenvalue weighted by Gasteiger charge is -2.19. The summed E-state index contributed by atoms with van der Waals surface area (Å²) in [7, 11) is -4.40. The fourth-order valence-electron chi connectivity index (χ4n) is 4.86. The lowest BCUT2D eigenvalue weighted by molar-refractivity contribution is -0.161. The molecule has 2 unspecified atom stereocenters. The fourth-order valence-corrected chi connectivity index (χ4v) is 5.62. The lowest BCUT2D eigenvalue weighted by Crippen LogP contribution is -2.29. The van der Waals surface area contributed by atoms with Crippen molar-refractivity contribution in [1.82, 2.24) is 0 Å². The van der Waals surface area contributed by atoms with Gasteiger partial charge in [0.05, 0.1) is 13.2 Å². The molecule has 0 aromatic carbocycles. The van der Waals surface area contributed by atoms with Crippen LogP contribution in [0.5, 0.6) is 0 Å². The Morgan fingerprint density at radius 3 is 1.58 bits per heavy atom. The summed E-state index contributed by atoms with van der Waals surface area (Å²) in [5, 5.41) is 0. The Hall–Kier alpha value is -3.59. The Bertz CT molecular complexity index is 1340. The van der Waals surface area contributed by atoms with E-state index < -0.39 is 32.5 Å². The maximum absolute atomic E-state index is 12.5. The zero-order valence-electron chi connectivity index (χ0n) is 35.0. The number of nitrogens with two attached hydrogens (primary N) is 1. The molecule has 9 nitrogen and oxygen atoms in total. The van der Waals surface area contributed by atoms with Gasteiger partial charge in [-0.15, -0.1) is 0 Å².